The van der Waals surface area contributed by atoms with Crippen molar-refractivity contribution in [2.24, 2.45) is 0 Å². The Bertz CT molecular complexity index is 569. The zero-order chi connectivity index (χ0) is 12.4. The summed E-state index contributed by atoms with van der Waals surface area (Å²) in [6.45, 7) is 2.28. The minimum absolute atomic E-state index is 0.448. The molecule has 0 N–H and O–H groups in total. The van der Waals surface area contributed by atoms with Crippen LogP contribution in [0, 0.1) is 0 Å². The minimum atomic E-state index is 0.448. The van der Waals surface area contributed by atoms with Gasteiger partial charge in [0.1, 0.15) is 0 Å². The van der Waals surface area contributed by atoms with Gasteiger partial charge in [-0.2, -0.15) is 0 Å². The molecule has 0 amide bonds. The number of allylic oxidation sites excluding steroid dienone is 1. The predicted octanol–water partition coefficient (Wildman–Crippen LogP) is 3.56. The third-order valence-electron chi connectivity index (χ3n) is 3.39. The topological polar surface area (TPSA) is 0 Å². The SMILES string of the molecule is CCC1C=C(c2ccccc2)[Se]c2ccccc21. The van der Waals surface area contributed by atoms with Crippen LogP contribution in [0.1, 0.15) is 30.4 Å². The molecule has 1 atom stereocenters. The quantitative estimate of drug-likeness (QED) is 0.744. The summed E-state index contributed by atoms with van der Waals surface area (Å²) in [6, 6.07) is 19.7. The van der Waals surface area contributed by atoms with Gasteiger partial charge >= 0.3 is 115 Å². The van der Waals surface area contributed by atoms with Gasteiger partial charge in [0.2, 0.25) is 0 Å². The third-order valence-corrected chi connectivity index (χ3v) is 5.87. The number of hydrogen-bond acceptors (Lipinski definition) is 0. The van der Waals surface area contributed by atoms with Gasteiger partial charge in [-0.1, -0.05) is 0 Å². The Hall–Kier alpha value is -1.30. The van der Waals surface area contributed by atoms with E-state index < -0.39 is 0 Å². The first-order valence-electron chi connectivity index (χ1n) is 6.42. The summed E-state index contributed by atoms with van der Waals surface area (Å²) in [5, 5.41) is 0. The van der Waals surface area contributed by atoms with E-state index in [2.05, 4.69) is 67.6 Å². The molecule has 3 rings (SSSR count). The van der Waals surface area contributed by atoms with Crippen LogP contribution in [0.2, 0.25) is 0 Å². The van der Waals surface area contributed by atoms with E-state index in [0.29, 0.717) is 20.9 Å². The molecule has 2 aromatic rings. The van der Waals surface area contributed by atoms with Crippen LogP contribution in [-0.2, 0) is 0 Å². The van der Waals surface area contributed by atoms with Crippen LogP contribution in [0.25, 0.3) is 4.47 Å². The molecule has 0 saturated carbocycles. The van der Waals surface area contributed by atoms with E-state index >= 15 is 0 Å². The summed E-state index contributed by atoms with van der Waals surface area (Å²) in [5.74, 6) is 0.590. The zero-order valence-corrected chi connectivity index (χ0v) is 12.2. The fourth-order valence-corrected chi connectivity index (χ4v) is 4.93. The van der Waals surface area contributed by atoms with Crippen LogP contribution in [0.15, 0.2) is 60.7 Å². The van der Waals surface area contributed by atoms with Crippen LogP contribution < -0.4 is 4.46 Å². The molecular formula is C17H16Se. The first kappa shape index (κ1) is 11.8. The standard InChI is InChI=1S/C17H16Se/c1-2-13-12-17(14-8-4-3-5-9-14)18-16-11-7-6-10-15(13)16/h3-13H,2H2,1H3. The average Bonchev–Trinajstić information content (AvgIpc) is 2.47. The fraction of sp³-hybridized carbons (Fsp3) is 0.176. The van der Waals surface area contributed by atoms with Crippen molar-refractivity contribution in [1.29, 1.82) is 0 Å². The molecule has 2 aromatic carbocycles. The Balaban J connectivity index is 2.03. The van der Waals surface area contributed by atoms with Gasteiger partial charge in [-0.25, -0.2) is 0 Å². The van der Waals surface area contributed by atoms with Gasteiger partial charge in [-0.05, 0) is 0 Å². The van der Waals surface area contributed by atoms with Crippen LogP contribution in [-0.4, -0.2) is 15.0 Å². The van der Waals surface area contributed by atoms with Crippen molar-refractivity contribution in [2.75, 3.05) is 0 Å². The van der Waals surface area contributed by atoms with Crippen LogP contribution >= 0.6 is 0 Å². The summed E-state index contributed by atoms with van der Waals surface area (Å²) in [7, 11) is 0. The van der Waals surface area contributed by atoms with Gasteiger partial charge in [-0.3, -0.25) is 0 Å². The van der Waals surface area contributed by atoms with Gasteiger partial charge < -0.3 is 0 Å². The van der Waals surface area contributed by atoms with Gasteiger partial charge in [0.05, 0.1) is 0 Å². The molecule has 1 heteroatoms. The first-order chi connectivity index (χ1) is 8.88. The Labute approximate surface area is 115 Å². The van der Waals surface area contributed by atoms with Crippen LogP contribution in [0.3, 0.4) is 0 Å². The fourth-order valence-electron chi connectivity index (χ4n) is 2.40. The molecule has 1 unspecified atom stereocenters. The Morgan fingerprint density at radius 3 is 2.44 bits per heavy atom. The first-order valence-corrected chi connectivity index (χ1v) is 8.14. The van der Waals surface area contributed by atoms with E-state index in [4.69, 9.17) is 0 Å². The zero-order valence-electron chi connectivity index (χ0n) is 10.5. The maximum atomic E-state index is 2.48. The van der Waals surface area contributed by atoms with E-state index in [9.17, 15) is 0 Å². The van der Waals surface area contributed by atoms with E-state index in [-0.39, 0.29) is 0 Å². The maximum absolute atomic E-state index is 2.48. The third kappa shape index (κ3) is 2.16. The van der Waals surface area contributed by atoms with E-state index in [1.54, 1.807) is 10.0 Å². The van der Waals surface area contributed by atoms with E-state index in [1.165, 1.54) is 16.5 Å². The molecule has 1 aliphatic rings. The number of rotatable bonds is 2. The van der Waals surface area contributed by atoms with Crippen molar-refractivity contribution in [2.45, 2.75) is 19.3 Å². The summed E-state index contributed by atoms with van der Waals surface area (Å²) >= 11 is 0.448. The molecule has 1 aliphatic heterocycles. The molecule has 0 radical (unpaired) electrons. The second kappa shape index (κ2) is 5.14. The van der Waals surface area contributed by atoms with Crippen LogP contribution in [0.5, 0.6) is 0 Å². The molecule has 0 fully saturated rings. The molecule has 0 spiro atoms. The molecular weight excluding hydrogens is 283 g/mol. The van der Waals surface area contributed by atoms with Gasteiger partial charge in [0.15, 0.2) is 0 Å². The van der Waals surface area contributed by atoms with E-state index in [0.717, 1.165) is 0 Å². The van der Waals surface area contributed by atoms with Crippen molar-refractivity contribution >= 4 is 23.9 Å². The van der Waals surface area contributed by atoms with Crippen molar-refractivity contribution < 1.29 is 0 Å². The Kier molecular flexibility index (Phi) is 3.36. The van der Waals surface area contributed by atoms with Gasteiger partial charge in [0.25, 0.3) is 0 Å². The molecule has 0 bridgehead atoms. The van der Waals surface area contributed by atoms with Crippen molar-refractivity contribution in [3.63, 3.8) is 0 Å². The molecule has 90 valence electrons. The Morgan fingerprint density at radius 2 is 1.67 bits per heavy atom. The summed E-state index contributed by atoms with van der Waals surface area (Å²) in [5.41, 5.74) is 2.94. The Morgan fingerprint density at radius 1 is 0.944 bits per heavy atom. The summed E-state index contributed by atoms with van der Waals surface area (Å²) in [6.07, 6.45) is 3.67. The molecule has 1 heterocycles. The average molecular weight is 299 g/mol. The summed E-state index contributed by atoms with van der Waals surface area (Å²) in [4.78, 5) is 0. The van der Waals surface area contributed by atoms with Crippen molar-refractivity contribution in [1.82, 2.24) is 0 Å². The van der Waals surface area contributed by atoms with Crippen molar-refractivity contribution in [3.8, 4) is 0 Å². The van der Waals surface area contributed by atoms with E-state index in [1.807, 2.05) is 0 Å². The van der Waals surface area contributed by atoms with Crippen molar-refractivity contribution in [3.05, 3.63) is 71.8 Å². The second-order valence-corrected chi connectivity index (χ2v) is 6.83. The second-order valence-electron chi connectivity index (χ2n) is 4.55. The van der Waals surface area contributed by atoms with Gasteiger partial charge in [0, 0.05) is 0 Å². The number of benzene rings is 2. The van der Waals surface area contributed by atoms with Gasteiger partial charge in [-0.15, -0.1) is 0 Å². The number of hydrogen-bond donors (Lipinski definition) is 0. The predicted molar refractivity (Wildman–Crippen MR) is 79.3 cm³/mol. The normalized spacial score (nSPS) is 18.1. The molecule has 0 nitrogen and oxygen atoms in total. The molecule has 0 aliphatic carbocycles. The number of fused-ring (bicyclic) bond motifs is 1. The monoisotopic (exact) mass is 300 g/mol. The molecule has 0 aromatic heterocycles. The summed E-state index contributed by atoms with van der Waals surface area (Å²) < 4.78 is 3.09. The molecule has 18 heavy (non-hydrogen) atoms. The van der Waals surface area contributed by atoms with Crippen LogP contribution in [0.4, 0.5) is 0 Å². The molecule has 0 saturated heterocycles.